The lowest BCUT2D eigenvalue weighted by Gasteiger charge is -2.40. The van der Waals surface area contributed by atoms with Crippen molar-refractivity contribution >= 4 is 50.5 Å². The molecule has 4 aromatic rings. The highest BCUT2D eigenvalue weighted by Gasteiger charge is 2.29. The Balaban J connectivity index is 1.37. The van der Waals surface area contributed by atoms with E-state index >= 15 is 0 Å². The van der Waals surface area contributed by atoms with E-state index in [1.54, 1.807) is 11.3 Å². The van der Waals surface area contributed by atoms with Gasteiger partial charge in [0.2, 0.25) is 5.52 Å². The Morgan fingerprint density at radius 3 is 2.13 bits per heavy atom. The molecule has 0 saturated carbocycles. The van der Waals surface area contributed by atoms with Gasteiger partial charge in [0.15, 0.2) is 0 Å². The summed E-state index contributed by atoms with van der Waals surface area (Å²) in [5, 5.41) is 12.8. The Bertz CT molecular complexity index is 1850. The van der Waals surface area contributed by atoms with Gasteiger partial charge >= 0.3 is 0 Å². The van der Waals surface area contributed by atoms with Crippen molar-refractivity contribution in [3.63, 3.8) is 0 Å². The fraction of sp³-hybridized carbons (Fsp3) is 0.442. The van der Waals surface area contributed by atoms with Crippen LogP contribution in [0.5, 0.6) is 0 Å². The average Bonchev–Trinajstić information content (AvgIpc) is 3.49. The van der Waals surface area contributed by atoms with Gasteiger partial charge in [0.05, 0.1) is 51.9 Å². The van der Waals surface area contributed by atoms with Crippen LogP contribution in [0.2, 0.25) is 0 Å². The Labute approximate surface area is 331 Å². The Kier molecular flexibility index (Phi) is 16.7. The number of carbonyl (C=O) groups is 1. The zero-order valence-electron chi connectivity index (χ0n) is 33.2. The third-order valence-electron chi connectivity index (χ3n) is 9.29. The molecule has 0 atom stereocenters. The smallest absolute Gasteiger partial charge is 0.263 e. The van der Waals surface area contributed by atoms with Crippen LogP contribution in [0.1, 0.15) is 33.8 Å². The maximum absolute atomic E-state index is 13.1. The molecule has 3 aromatic carbocycles. The summed E-state index contributed by atoms with van der Waals surface area (Å²) in [6, 6.07) is 25.3. The third-order valence-corrected chi connectivity index (χ3v) is 10.5. The second-order valence-electron chi connectivity index (χ2n) is 14.1. The van der Waals surface area contributed by atoms with Crippen molar-refractivity contribution in [1.29, 1.82) is 0 Å². The number of allylic oxidation sites excluding steroid dienone is 2. The lowest BCUT2D eigenvalue weighted by molar-refractivity contribution is -0.642. The van der Waals surface area contributed by atoms with Gasteiger partial charge in [0.25, 0.3) is 10.9 Å². The summed E-state index contributed by atoms with van der Waals surface area (Å²) >= 11 is 1.73. The summed E-state index contributed by atoms with van der Waals surface area (Å²) in [5.74, 6) is 1.05. The summed E-state index contributed by atoms with van der Waals surface area (Å²) in [6.07, 6.45) is 6.78. The molecule has 0 saturated heterocycles. The molecule has 1 aromatic heterocycles. The first-order valence-corrected chi connectivity index (χ1v) is 20.1. The van der Waals surface area contributed by atoms with Crippen molar-refractivity contribution in [1.82, 2.24) is 20.0 Å². The van der Waals surface area contributed by atoms with Crippen LogP contribution < -0.4 is 14.8 Å². The van der Waals surface area contributed by atoms with Gasteiger partial charge in [0, 0.05) is 48.6 Å². The molecule has 0 spiro atoms. The quantitative estimate of drug-likeness (QED) is 0.0777. The molecule has 0 fully saturated rings. The molecule has 2 N–H and O–H groups in total. The number of rotatable bonds is 23. The normalized spacial score (nSPS) is 13.6. The number of aliphatic hydroxyl groups excluding tert-OH is 1. The van der Waals surface area contributed by atoms with Gasteiger partial charge in [-0.3, -0.25) is 9.69 Å². The summed E-state index contributed by atoms with van der Waals surface area (Å²) < 4.78 is 19.5. The largest absolute Gasteiger partial charge is 0.394 e. The Hall–Kier alpha value is -4.14. The van der Waals surface area contributed by atoms with E-state index in [-0.39, 0.29) is 12.5 Å². The first-order valence-electron chi connectivity index (χ1n) is 19.2. The maximum Gasteiger partial charge on any atom is 0.263 e. The SMILES string of the molecule is CN(C)CCCN(CCCN(C)C)C1=C/C(=C/c2sc3ccc(C(=O)NCCOCCOCCOCCO)cc3[n+]2C)c2ccccc2N1c1ccccc1. The van der Waals surface area contributed by atoms with Gasteiger partial charge in [-0.05, 0) is 96.1 Å². The minimum atomic E-state index is -0.132. The molecule has 0 unspecified atom stereocenters. The van der Waals surface area contributed by atoms with Gasteiger partial charge < -0.3 is 39.3 Å². The van der Waals surface area contributed by atoms with Crippen LogP contribution in [-0.4, -0.2) is 133 Å². The number of amides is 1. The zero-order chi connectivity index (χ0) is 39.0. The van der Waals surface area contributed by atoms with Gasteiger partial charge in [-0.15, -0.1) is 0 Å². The molecule has 11 nitrogen and oxygen atoms in total. The number of fused-ring (bicyclic) bond motifs is 2. The number of benzene rings is 3. The number of aryl methyl sites for hydroxylation is 1. The highest BCUT2D eigenvalue weighted by atomic mass is 32.1. The van der Waals surface area contributed by atoms with E-state index in [0.717, 1.165) is 71.2 Å². The molecule has 0 radical (unpaired) electrons. The number of para-hydroxylation sites is 2. The van der Waals surface area contributed by atoms with E-state index < -0.39 is 0 Å². The highest BCUT2D eigenvalue weighted by molar-refractivity contribution is 7.18. The Morgan fingerprint density at radius 1 is 0.818 bits per heavy atom. The average molecular weight is 772 g/mol. The predicted molar refractivity (Wildman–Crippen MR) is 224 cm³/mol. The topological polar surface area (TPSA) is 93.9 Å². The van der Waals surface area contributed by atoms with E-state index in [4.69, 9.17) is 19.3 Å². The molecule has 1 aliphatic heterocycles. The number of aromatic nitrogens is 1. The zero-order valence-corrected chi connectivity index (χ0v) is 34.0. The standard InChI is InChI=1S/C43H58N6O5S/c1-45(2)20-11-22-48(23-12-21-46(3)4)41-32-35(37-15-9-10-16-38(37)49(41)36-13-7-6-8-14-36)33-42-47(5)39-31-34(17-18-40(39)55-42)43(51)44-19-25-52-27-29-54-30-28-53-26-24-50/h6-10,13-18,31-33,50H,11-12,19-30H2,1-5H3/p+1. The number of ether oxygens (including phenoxy) is 3. The monoisotopic (exact) mass is 771 g/mol. The van der Waals surface area contributed by atoms with Gasteiger partial charge in [-0.2, -0.15) is 4.57 Å². The number of nitrogens with zero attached hydrogens (tertiary/aromatic N) is 5. The first kappa shape index (κ1) is 42.0. The van der Waals surface area contributed by atoms with Crippen LogP contribution in [-0.2, 0) is 21.3 Å². The third kappa shape index (κ3) is 12.2. The number of carbonyl (C=O) groups excluding carboxylic acids is 1. The van der Waals surface area contributed by atoms with E-state index in [1.807, 2.05) is 18.2 Å². The number of nitrogens with one attached hydrogen (secondary N) is 1. The van der Waals surface area contributed by atoms with Crippen molar-refractivity contribution in [3.8, 4) is 0 Å². The molecule has 0 aliphatic carbocycles. The van der Waals surface area contributed by atoms with Crippen LogP contribution >= 0.6 is 11.3 Å². The van der Waals surface area contributed by atoms with Crippen LogP contribution in [0, 0.1) is 0 Å². The van der Waals surface area contributed by atoms with Crippen LogP contribution in [0.15, 0.2) is 84.7 Å². The summed E-state index contributed by atoms with van der Waals surface area (Å²) in [6.45, 7) is 6.81. The van der Waals surface area contributed by atoms with E-state index in [0.29, 0.717) is 51.7 Å². The number of hydrogen-bond donors (Lipinski definition) is 2. The van der Waals surface area contributed by atoms with Gasteiger partial charge in [-0.25, -0.2) is 0 Å². The molecule has 0 bridgehead atoms. The van der Waals surface area contributed by atoms with Crippen LogP contribution in [0.4, 0.5) is 11.4 Å². The summed E-state index contributed by atoms with van der Waals surface area (Å²) in [7, 11) is 10.6. The number of aliphatic hydroxyl groups is 1. The van der Waals surface area contributed by atoms with Crippen molar-refractivity contribution in [2.45, 2.75) is 12.8 Å². The minimum absolute atomic E-state index is 0.00559. The summed E-state index contributed by atoms with van der Waals surface area (Å²) in [4.78, 5) is 22.6. The fourth-order valence-electron chi connectivity index (χ4n) is 6.53. The van der Waals surface area contributed by atoms with Gasteiger partial charge in [-0.1, -0.05) is 47.7 Å². The molecule has 5 rings (SSSR count). The molecule has 296 valence electrons. The van der Waals surface area contributed by atoms with Crippen LogP contribution in [0.25, 0.3) is 21.9 Å². The summed E-state index contributed by atoms with van der Waals surface area (Å²) in [5.41, 5.74) is 6.25. The predicted octanol–water partition coefficient (Wildman–Crippen LogP) is 5.24. The van der Waals surface area contributed by atoms with E-state index in [2.05, 4.69) is 131 Å². The second kappa shape index (κ2) is 21.8. The fourth-order valence-corrected chi connectivity index (χ4v) is 7.61. The Morgan fingerprint density at radius 2 is 1.45 bits per heavy atom. The molecular weight excluding hydrogens is 713 g/mol. The number of anilines is 2. The van der Waals surface area contributed by atoms with E-state index in [9.17, 15) is 4.79 Å². The van der Waals surface area contributed by atoms with Crippen molar-refractivity contribution in [3.05, 3.63) is 101 Å². The number of thiazole rings is 1. The lowest BCUT2D eigenvalue weighted by atomic mass is 9.97. The maximum atomic E-state index is 13.1. The molecule has 12 heteroatoms. The number of hydrogen-bond acceptors (Lipinski definition) is 10. The minimum Gasteiger partial charge on any atom is -0.394 e. The molecule has 2 heterocycles. The van der Waals surface area contributed by atoms with E-state index in [1.165, 1.54) is 11.4 Å². The van der Waals surface area contributed by atoms with Crippen molar-refractivity contribution in [2.24, 2.45) is 7.05 Å². The second-order valence-corrected chi connectivity index (χ2v) is 15.2. The molecule has 1 amide bonds. The van der Waals surface area contributed by atoms with Crippen molar-refractivity contribution < 1.29 is 28.7 Å². The van der Waals surface area contributed by atoms with Gasteiger partial charge in [0.1, 0.15) is 17.6 Å². The molecular formula is C43H59N6O5S+. The molecule has 1 aliphatic rings. The first-order chi connectivity index (χ1) is 26.8. The van der Waals surface area contributed by atoms with Crippen molar-refractivity contribution in [2.75, 3.05) is 112 Å². The molecule has 55 heavy (non-hydrogen) atoms. The highest BCUT2D eigenvalue weighted by Crippen LogP contribution is 2.43. The van der Waals surface area contributed by atoms with Crippen LogP contribution in [0.3, 0.4) is 0 Å². The lowest BCUT2D eigenvalue weighted by Crippen LogP contribution is -2.38.